The van der Waals surface area contributed by atoms with Gasteiger partial charge < -0.3 is 14.5 Å². The van der Waals surface area contributed by atoms with E-state index in [4.69, 9.17) is 4.74 Å². The van der Waals surface area contributed by atoms with Gasteiger partial charge in [0.1, 0.15) is 12.4 Å². The van der Waals surface area contributed by atoms with Crippen molar-refractivity contribution in [3.8, 4) is 16.9 Å². The van der Waals surface area contributed by atoms with Gasteiger partial charge in [-0.3, -0.25) is 4.79 Å². The van der Waals surface area contributed by atoms with Crippen molar-refractivity contribution in [3.05, 3.63) is 95.1 Å². The number of nitrogens with zero attached hydrogens (tertiary/aromatic N) is 2. The molecule has 3 rings (SSSR count). The molecule has 0 unspecified atom stereocenters. The van der Waals surface area contributed by atoms with Crippen molar-refractivity contribution in [2.75, 3.05) is 41.3 Å². The van der Waals surface area contributed by atoms with E-state index in [1.165, 1.54) is 11.1 Å². The van der Waals surface area contributed by atoms with Crippen LogP contribution in [0.25, 0.3) is 17.2 Å². The van der Waals surface area contributed by atoms with Gasteiger partial charge in [-0.2, -0.15) is 0 Å². The minimum absolute atomic E-state index is 0.00493. The number of carbonyl (C=O) groups excluding carboxylic acids is 1. The molecule has 0 atom stereocenters. The number of hydrogen-bond donors (Lipinski definition) is 0. The maximum absolute atomic E-state index is 13.0. The van der Waals surface area contributed by atoms with Gasteiger partial charge in [0.25, 0.3) is 0 Å². The smallest absolute Gasteiger partial charge is 0.186 e. The molecule has 0 aliphatic heterocycles. The number of rotatable bonds is 10. The molecule has 0 radical (unpaired) electrons. The van der Waals surface area contributed by atoms with E-state index in [1.807, 2.05) is 76.7 Å². The van der Waals surface area contributed by atoms with E-state index >= 15 is 0 Å². The monoisotopic (exact) mass is 442 g/mol. The molecule has 0 amide bonds. The normalized spacial score (nSPS) is 11.5. The van der Waals surface area contributed by atoms with Crippen molar-refractivity contribution in [1.82, 2.24) is 9.80 Å². The third-order valence-corrected chi connectivity index (χ3v) is 5.45. The van der Waals surface area contributed by atoms with Gasteiger partial charge in [-0.25, -0.2) is 0 Å². The van der Waals surface area contributed by atoms with Crippen LogP contribution in [0.1, 0.15) is 27.0 Å². The number of allylic oxidation sites excluding steroid dienone is 1. The van der Waals surface area contributed by atoms with Gasteiger partial charge in [0.05, 0.1) is 0 Å². The number of ketones is 1. The fraction of sp³-hybridized carbons (Fsp3) is 0.276. The van der Waals surface area contributed by atoms with Gasteiger partial charge >= 0.3 is 0 Å². The average Bonchev–Trinajstić information content (AvgIpc) is 2.78. The first-order chi connectivity index (χ1) is 15.8. The number of ether oxygens (including phenoxy) is 1. The molecular weight excluding hydrogens is 408 g/mol. The molecule has 0 aromatic heterocycles. The summed E-state index contributed by atoms with van der Waals surface area (Å²) in [5.74, 6) is 0.776. The van der Waals surface area contributed by atoms with E-state index in [1.54, 1.807) is 6.08 Å². The van der Waals surface area contributed by atoms with Crippen LogP contribution in [0.4, 0.5) is 0 Å². The van der Waals surface area contributed by atoms with Crippen LogP contribution in [0.2, 0.25) is 0 Å². The highest BCUT2D eigenvalue weighted by atomic mass is 16.5. The predicted molar refractivity (Wildman–Crippen MR) is 138 cm³/mol. The Morgan fingerprint density at radius 1 is 0.909 bits per heavy atom. The second kappa shape index (κ2) is 11.6. The summed E-state index contributed by atoms with van der Waals surface area (Å²) in [5, 5.41) is 0. The summed E-state index contributed by atoms with van der Waals surface area (Å²) in [6, 6.07) is 22.3. The lowest BCUT2D eigenvalue weighted by Gasteiger charge is -2.15. The van der Waals surface area contributed by atoms with Gasteiger partial charge in [0.15, 0.2) is 5.78 Å². The van der Waals surface area contributed by atoms with Gasteiger partial charge in [-0.05, 0) is 75.6 Å². The molecule has 0 N–H and O–H groups in total. The van der Waals surface area contributed by atoms with Gasteiger partial charge in [-0.15, -0.1) is 0 Å². The maximum Gasteiger partial charge on any atom is 0.186 e. The Bertz CT molecular complexity index is 1120. The van der Waals surface area contributed by atoms with Crippen LogP contribution >= 0.6 is 0 Å². The zero-order chi connectivity index (χ0) is 23.8. The number of hydrogen-bond acceptors (Lipinski definition) is 4. The van der Waals surface area contributed by atoms with E-state index in [0.29, 0.717) is 6.61 Å². The first kappa shape index (κ1) is 24.4. The molecule has 4 nitrogen and oxygen atoms in total. The van der Waals surface area contributed by atoms with Crippen molar-refractivity contribution in [3.63, 3.8) is 0 Å². The van der Waals surface area contributed by atoms with E-state index in [9.17, 15) is 4.79 Å². The minimum atomic E-state index is -0.00493. The number of benzene rings is 3. The molecule has 0 saturated carbocycles. The fourth-order valence-electron chi connectivity index (χ4n) is 3.69. The van der Waals surface area contributed by atoms with Crippen LogP contribution < -0.4 is 4.74 Å². The summed E-state index contributed by atoms with van der Waals surface area (Å²) in [5.41, 5.74) is 6.15. The van der Waals surface area contributed by atoms with Crippen molar-refractivity contribution >= 4 is 11.9 Å². The van der Waals surface area contributed by atoms with Crippen molar-refractivity contribution in [1.29, 1.82) is 0 Å². The first-order valence-corrected chi connectivity index (χ1v) is 11.3. The Balaban J connectivity index is 1.90. The Kier molecular flexibility index (Phi) is 8.58. The Morgan fingerprint density at radius 2 is 1.64 bits per heavy atom. The molecule has 3 aromatic carbocycles. The third-order valence-electron chi connectivity index (χ3n) is 5.45. The summed E-state index contributed by atoms with van der Waals surface area (Å²) in [4.78, 5) is 17.2. The van der Waals surface area contributed by atoms with Crippen LogP contribution in [-0.4, -0.2) is 56.9 Å². The topological polar surface area (TPSA) is 32.8 Å². The highest BCUT2D eigenvalue weighted by Crippen LogP contribution is 2.30. The first-order valence-electron chi connectivity index (χ1n) is 11.3. The van der Waals surface area contributed by atoms with Gasteiger partial charge in [0.2, 0.25) is 0 Å². The van der Waals surface area contributed by atoms with E-state index in [0.717, 1.165) is 41.1 Å². The molecule has 0 bridgehead atoms. The van der Waals surface area contributed by atoms with Gasteiger partial charge in [0, 0.05) is 24.2 Å². The summed E-state index contributed by atoms with van der Waals surface area (Å²) in [6.45, 7) is 4.22. The predicted octanol–water partition coefficient (Wildman–Crippen LogP) is 5.56. The largest absolute Gasteiger partial charge is 0.492 e. The van der Waals surface area contributed by atoms with Crippen LogP contribution in [0, 0.1) is 6.92 Å². The summed E-state index contributed by atoms with van der Waals surface area (Å²) < 4.78 is 6.15. The Labute approximate surface area is 198 Å². The lowest BCUT2D eigenvalue weighted by Crippen LogP contribution is -2.19. The highest BCUT2D eigenvalue weighted by Gasteiger charge is 2.11. The molecular formula is C29H34N2O2. The van der Waals surface area contributed by atoms with Crippen molar-refractivity contribution in [2.24, 2.45) is 0 Å². The lowest BCUT2D eigenvalue weighted by molar-refractivity contribution is 0.104. The second-order valence-corrected chi connectivity index (χ2v) is 8.81. The molecule has 172 valence electrons. The molecule has 0 aliphatic carbocycles. The summed E-state index contributed by atoms with van der Waals surface area (Å²) in [6.07, 6.45) is 3.51. The molecule has 4 heteroatoms. The van der Waals surface area contributed by atoms with Gasteiger partial charge in [-0.1, -0.05) is 60.7 Å². The summed E-state index contributed by atoms with van der Waals surface area (Å²) >= 11 is 0. The minimum Gasteiger partial charge on any atom is -0.492 e. The second-order valence-electron chi connectivity index (χ2n) is 8.81. The standard InChI is InChI=1S/C29H34N2O2/c1-22-10-6-8-12-26(22)24-15-14-23(29(20-24)33-19-18-30(2)3)16-17-28(32)27-13-9-7-11-25(27)21-31(4)5/h6-17,20H,18-19,21H2,1-5H3. The highest BCUT2D eigenvalue weighted by molar-refractivity contribution is 6.08. The number of aryl methyl sites for hydroxylation is 1. The molecule has 0 aliphatic rings. The molecule has 0 fully saturated rings. The summed E-state index contributed by atoms with van der Waals surface area (Å²) in [7, 11) is 8.06. The Hall–Kier alpha value is -3.21. The van der Waals surface area contributed by atoms with Crippen molar-refractivity contribution < 1.29 is 9.53 Å². The van der Waals surface area contributed by atoms with E-state index in [2.05, 4.69) is 41.0 Å². The molecule has 3 aromatic rings. The van der Waals surface area contributed by atoms with E-state index in [-0.39, 0.29) is 5.78 Å². The van der Waals surface area contributed by atoms with Crippen LogP contribution in [0.5, 0.6) is 5.75 Å². The molecule has 0 heterocycles. The number of carbonyl (C=O) groups is 1. The molecule has 33 heavy (non-hydrogen) atoms. The average molecular weight is 443 g/mol. The lowest BCUT2D eigenvalue weighted by atomic mass is 9.98. The van der Waals surface area contributed by atoms with Crippen LogP contribution in [0.3, 0.4) is 0 Å². The molecule has 0 spiro atoms. The maximum atomic E-state index is 13.0. The molecule has 0 saturated heterocycles. The Morgan fingerprint density at radius 3 is 2.36 bits per heavy atom. The fourth-order valence-corrected chi connectivity index (χ4v) is 3.69. The van der Waals surface area contributed by atoms with E-state index < -0.39 is 0 Å². The third kappa shape index (κ3) is 6.88. The zero-order valence-electron chi connectivity index (χ0n) is 20.3. The quantitative estimate of drug-likeness (QED) is 0.304. The SMILES string of the molecule is Cc1ccccc1-c1ccc(C=CC(=O)c2ccccc2CN(C)C)c(OCCN(C)C)c1. The van der Waals surface area contributed by atoms with Crippen molar-refractivity contribution in [2.45, 2.75) is 13.5 Å². The van der Waals surface area contributed by atoms with Crippen LogP contribution in [0.15, 0.2) is 72.8 Å². The number of likely N-dealkylation sites (N-methyl/N-ethyl adjacent to an activating group) is 1. The zero-order valence-corrected chi connectivity index (χ0v) is 20.3. The van der Waals surface area contributed by atoms with Crippen LogP contribution in [-0.2, 0) is 6.54 Å².